The SMILES string of the molecule is COc1c(Br)cc(Br)c(NC(=O)CSc2nc3ccc(C)cc3[nH]2)c1Br. The fraction of sp³-hybridized carbons (Fsp3) is 0.176. The van der Waals surface area contributed by atoms with Gasteiger partial charge in [0.1, 0.15) is 5.75 Å². The number of nitrogens with one attached hydrogen (secondary N) is 2. The van der Waals surface area contributed by atoms with E-state index in [0.29, 0.717) is 21.1 Å². The number of aromatic nitrogens is 2. The van der Waals surface area contributed by atoms with Crippen molar-refractivity contribution < 1.29 is 9.53 Å². The Hall–Kier alpha value is -1.03. The van der Waals surface area contributed by atoms with E-state index < -0.39 is 0 Å². The highest BCUT2D eigenvalue weighted by molar-refractivity contribution is 9.11. The molecule has 0 saturated heterocycles. The summed E-state index contributed by atoms with van der Waals surface area (Å²) >= 11 is 11.7. The van der Waals surface area contributed by atoms with Crippen LogP contribution < -0.4 is 10.1 Å². The predicted molar refractivity (Wildman–Crippen MR) is 116 cm³/mol. The smallest absolute Gasteiger partial charge is 0.234 e. The number of fused-ring (bicyclic) bond motifs is 1. The van der Waals surface area contributed by atoms with Crippen LogP contribution in [0.4, 0.5) is 5.69 Å². The number of thioether (sulfide) groups is 1. The van der Waals surface area contributed by atoms with Gasteiger partial charge in [-0.3, -0.25) is 4.79 Å². The van der Waals surface area contributed by atoms with Gasteiger partial charge in [0.15, 0.2) is 5.16 Å². The van der Waals surface area contributed by atoms with Crippen LogP contribution in [-0.2, 0) is 4.79 Å². The number of amides is 1. The topological polar surface area (TPSA) is 67.0 Å². The van der Waals surface area contributed by atoms with Gasteiger partial charge in [0.05, 0.1) is 38.5 Å². The van der Waals surface area contributed by atoms with Crippen LogP contribution in [0.15, 0.2) is 42.8 Å². The number of nitrogens with zero attached hydrogens (tertiary/aromatic N) is 1. The van der Waals surface area contributed by atoms with Crippen LogP contribution in [0.25, 0.3) is 11.0 Å². The number of hydrogen-bond acceptors (Lipinski definition) is 4. The van der Waals surface area contributed by atoms with E-state index in [-0.39, 0.29) is 11.7 Å². The van der Waals surface area contributed by atoms with Crippen molar-refractivity contribution in [1.82, 2.24) is 9.97 Å². The summed E-state index contributed by atoms with van der Waals surface area (Å²) in [7, 11) is 1.57. The third-order valence-corrected chi connectivity index (χ3v) is 6.40. The lowest BCUT2D eigenvalue weighted by molar-refractivity contribution is -0.113. The molecule has 9 heteroatoms. The number of anilines is 1. The summed E-state index contributed by atoms with van der Waals surface area (Å²) in [6, 6.07) is 7.84. The van der Waals surface area contributed by atoms with Crippen LogP contribution in [0.1, 0.15) is 5.56 Å². The lowest BCUT2D eigenvalue weighted by Crippen LogP contribution is -2.15. The van der Waals surface area contributed by atoms with Crippen molar-refractivity contribution in [1.29, 1.82) is 0 Å². The first-order valence-corrected chi connectivity index (χ1v) is 10.9. The number of halogens is 3. The minimum Gasteiger partial charge on any atom is -0.494 e. The molecule has 0 unspecified atom stereocenters. The molecule has 2 N–H and O–H groups in total. The van der Waals surface area contributed by atoms with E-state index in [2.05, 4.69) is 63.1 Å². The van der Waals surface area contributed by atoms with Gasteiger partial charge in [-0.05, 0) is 78.5 Å². The van der Waals surface area contributed by atoms with Gasteiger partial charge >= 0.3 is 0 Å². The summed E-state index contributed by atoms with van der Waals surface area (Å²) in [6.45, 7) is 2.03. The molecule has 0 radical (unpaired) electrons. The maximum absolute atomic E-state index is 12.4. The molecular formula is C17H14Br3N3O2S. The number of aromatic amines is 1. The molecule has 5 nitrogen and oxygen atoms in total. The summed E-state index contributed by atoms with van der Waals surface area (Å²) in [5.74, 6) is 0.706. The second-order valence-corrected chi connectivity index (χ2v) is 8.93. The third kappa shape index (κ3) is 4.27. The molecule has 0 spiro atoms. The molecule has 0 aliphatic heterocycles. The van der Waals surface area contributed by atoms with E-state index in [0.717, 1.165) is 25.5 Å². The number of imidazole rings is 1. The van der Waals surface area contributed by atoms with Crippen molar-refractivity contribution >= 4 is 82.2 Å². The van der Waals surface area contributed by atoms with Crippen molar-refractivity contribution in [3.05, 3.63) is 43.2 Å². The average molecular weight is 564 g/mol. The van der Waals surface area contributed by atoms with Gasteiger partial charge in [-0.25, -0.2) is 4.98 Å². The zero-order chi connectivity index (χ0) is 18.8. The molecule has 0 saturated carbocycles. The van der Waals surface area contributed by atoms with Gasteiger partial charge in [-0.15, -0.1) is 0 Å². The zero-order valence-electron chi connectivity index (χ0n) is 13.8. The molecule has 136 valence electrons. The molecule has 0 aliphatic rings. The number of methoxy groups -OCH3 is 1. The second-order valence-electron chi connectivity index (χ2n) is 5.46. The molecule has 0 fully saturated rings. The number of carbonyl (C=O) groups excluding carboxylic acids is 1. The molecule has 1 aromatic heterocycles. The third-order valence-electron chi connectivity index (χ3n) is 3.55. The number of hydrogen-bond donors (Lipinski definition) is 2. The Morgan fingerprint density at radius 2 is 2.04 bits per heavy atom. The van der Waals surface area contributed by atoms with Crippen molar-refractivity contribution in [3.8, 4) is 5.75 Å². The van der Waals surface area contributed by atoms with E-state index in [1.54, 1.807) is 7.11 Å². The minimum atomic E-state index is -0.141. The normalized spacial score (nSPS) is 11.0. The van der Waals surface area contributed by atoms with Gasteiger partial charge in [0, 0.05) is 4.47 Å². The van der Waals surface area contributed by atoms with E-state index >= 15 is 0 Å². The molecule has 2 aromatic carbocycles. The number of H-pyrrole nitrogens is 1. The van der Waals surface area contributed by atoms with Crippen molar-refractivity contribution in [3.63, 3.8) is 0 Å². The Bertz CT molecular complexity index is 991. The quantitative estimate of drug-likeness (QED) is 0.379. The summed E-state index contributed by atoms with van der Waals surface area (Å²) < 4.78 is 7.53. The fourth-order valence-corrected chi connectivity index (χ4v) is 5.68. The van der Waals surface area contributed by atoms with E-state index in [4.69, 9.17) is 4.74 Å². The highest BCUT2D eigenvalue weighted by Gasteiger charge is 2.17. The Morgan fingerprint density at radius 3 is 2.77 bits per heavy atom. The number of rotatable bonds is 5. The molecular weight excluding hydrogens is 550 g/mol. The van der Waals surface area contributed by atoms with Gasteiger partial charge in [-0.2, -0.15) is 0 Å². The highest BCUT2D eigenvalue weighted by Crippen LogP contribution is 2.43. The lowest BCUT2D eigenvalue weighted by Gasteiger charge is -2.14. The number of ether oxygens (including phenoxy) is 1. The predicted octanol–water partition coefficient (Wildman–Crippen LogP) is 5.90. The molecule has 1 amide bonds. The van der Waals surface area contributed by atoms with E-state index in [1.165, 1.54) is 11.8 Å². The van der Waals surface area contributed by atoms with Crippen LogP contribution in [0.3, 0.4) is 0 Å². The first kappa shape index (κ1) is 19.7. The molecule has 3 aromatic rings. The standard InChI is InChI=1S/C17H14Br3N3O2S/c1-8-3-4-11-12(5-8)22-17(21-11)26-7-13(24)23-15-9(18)6-10(19)16(25-2)14(15)20/h3-6H,7H2,1-2H3,(H,21,22)(H,23,24). The Kier molecular flexibility index (Phi) is 6.32. The fourth-order valence-electron chi connectivity index (χ4n) is 2.35. The average Bonchev–Trinajstić information content (AvgIpc) is 2.99. The van der Waals surface area contributed by atoms with Crippen LogP contribution >= 0.6 is 59.6 Å². The lowest BCUT2D eigenvalue weighted by atomic mass is 10.2. The van der Waals surface area contributed by atoms with Gasteiger partial charge in [-0.1, -0.05) is 17.8 Å². The first-order chi connectivity index (χ1) is 12.4. The Morgan fingerprint density at radius 1 is 1.27 bits per heavy atom. The zero-order valence-corrected chi connectivity index (χ0v) is 19.4. The van der Waals surface area contributed by atoms with Crippen molar-refractivity contribution in [2.24, 2.45) is 0 Å². The Balaban J connectivity index is 1.71. The Labute approximate surface area is 180 Å². The molecule has 0 bridgehead atoms. The summed E-state index contributed by atoms with van der Waals surface area (Å²) in [5.41, 5.74) is 3.64. The maximum Gasteiger partial charge on any atom is 0.234 e. The summed E-state index contributed by atoms with van der Waals surface area (Å²) in [5, 5.41) is 3.61. The largest absolute Gasteiger partial charge is 0.494 e. The molecule has 3 rings (SSSR count). The number of aryl methyl sites for hydroxylation is 1. The monoisotopic (exact) mass is 561 g/mol. The van der Waals surface area contributed by atoms with E-state index in [1.807, 2.05) is 31.2 Å². The maximum atomic E-state index is 12.4. The van der Waals surface area contributed by atoms with Gasteiger partial charge < -0.3 is 15.0 Å². The highest BCUT2D eigenvalue weighted by atomic mass is 79.9. The van der Waals surface area contributed by atoms with E-state index in [9.17, 15) is 4.79 Å². The minimum absolute atomic E-state index is 0.141. The molecule has 0 aliphatic carbocycles. The van der Waals surface area contributed by atoms with Gasteiger partial charge in [0.2, 0.25) is 5.91 Å². The van der Waals surface area contributed by atoms with Crippen LogP contribution in [0.5, 0.6) is 5.75 Å². The van der Waals surface area contributed by atoms with Crippen molar-refractivity contribution in [2.45, 2.75) is 12.1 Å². The molecule has 1 heterocycles. The molecule has 0 atom stereocenters. The number of carbonyl (C=O) groups is 1. The first-order valence-electron chi connectivity index (χ1n) is 7.49. The summed E-state index contributed by atoms with van der Waals surface area (Å²) in [4.78, 5) is 20.1. The van der Waals surface area contributed by atoms with Crippen LogP contribution in [0, 0.1) is 6.92 Å². The van der Waals surface area contributed by atoms with Crippen molar-refractivity contribution in [2.75, 3.05) is 18.2 Å². The van der Waals surface area contributed by atoms with Crippen LogP contribution in [-0.4, -0.2) is 28.7 Å². The van der Waals surface area contributed by atoms with Crippen LogP contribution in [0.2, 0.25) is 0 Å². The second kappa shape index (κ2) is 8.33. The number of benzene rings is 2. The molecule has 26 heavy (non-hydrogen) atoms. The summed E-state index contributed by atoms with van der Waals surface area (Å²) in [6.07, 6.45) is 0. The van der Waals surface area contributed by atoms with Gasteiger partial charge in [0.25, 0.3) is 0 Å².